The van der Waals surface area contributed by atoms with Crippen LogP contribution in [-0.4, -0.2) is 46.2 Å². The molecule has 40 heavy (non-hydrogen) atoms. The van der Waals surface area contributed by atoms with E-state index in [-0.39, 0.29) is 30.5 Å². The number of hydrogen-bond acceptors (Lipinski definition) is 7. The van der Waals surface area contributed by atoms with Gasteiger partial charge in [0.2, 0.25) is 12.5 Å². The van der Waals surface area contributed by atoms with Gasteiger partial charge in [0.15, 0.2) is 23.0 Å². The molecule has 206 valence electrons. The maximum Gasteiger partial charge on any atom is 0.309 e. The van der Waals surface area contributed by atoms with Gasteiger partial charge in [0.1, 0.15) is 0 Å². The molecule has 7 rings (SSSR count). The molecule has 0 bridgehead atoms. The first-order valence-corrected chi connectivity index (χ1v) is 13.4. The van der Waals surface area contributed by atoms with Crippen LogP contribution in [-0.2, 0) is 16.0 Å². The molecule has 3 aliphatic rings. The fraction of sp³-hybridized carbons (Fsp3) is 0.344. The predicted octanol–water partition coefficient (Wildman–Crippen LogP) is 5.47. The molecule has 2 heterocycles. The van der Waals surface area contributed by atoms with Crippen LogP contribution in [0.4, 0.5) is 0 Å². The van der Waals surface area contributed by atoms with Crippen molar-refractivity contribution in [1.29, 1.82) is 0 Å². The molecular weight excluding hydrogens is 510 g/mol. The van der Waals surface area contributed by atoms with Crippen molar-refractivity contribution in [2.75, 3.05) is 35.2 Å². The van der Waals surface area contributed by atoms with Crippen LogP contribution in [0, 0.1) is 18.8 Å². The van der Waals surface area contributed by atoms with Crippen LogP contribution in [0.3, 0.4) is 0 Å². The molecule has 0 unspecified atom stereocenters. The monoisotopic (exact) mass is 541 g/mol. The van der Waals surface area contributed by atoms with Gasteiger partial charge in [-0.25, -0.2) is 0 Å². The van der Waals surface area contributed by atoms with E-state index in [1.165, 1.54) is 23.6 Å². The molecule has 0 amide bonds. The van der Waals surface area contributed by atoms with Crippen molar-refractivity contribution in [3.8, 4) is 28.7 Å². The second-order valence-electron chi connectivity index (χ2n) is 10.7. The SMILES string of the molecule is COC(=O)[C@H]1[C@H](c2cc(OC)c(OC)c(OC)c2)c2cc3c(cc2[C@@H]2c4[nH]c5ccc(C)cc5c4C[C@@H]21)OCO3. The fourth-order valence-electron chi connectivity index (χ4n) is 7.22. The number of methoxy groups -OCH3 is 4. The van der Waals surface area contributed by atoms with Crippen LogP contribution in [0.25, 0.3) is 10.9 Å². The average molecular weight is 542 g/mol. The first kappa shape index (κ1) is 24.7. The zero-order valence-electron chi connectivity index (χ0n) is 23.1. The highest BCUT2D eigenvalue weighted by molar-refractivity contribution is 5.88. The Morgan fingerprint density at radius 1 is 0.875 bits per heavy atom. The summed E-state index contributed by atoms with van der Waals surface area (Å²) in [5, 5.41) is 1.21. The molecule has 1 aromatic heterocycles. The Hall–Kier alpha value is -4.33. The van der Waals surface area contributed by atoms with E-state index in [4.69, 9.17) is 28.4 Å². The van der Waals surface area contributed by atoms with E-state index in [9.17, 15) is 4.79 Å². The lowest BCUT2D eigenvalue weighted by Crippen LogP contribution is -2.38. The highest BCUT2D eigenvalue weighted by Gasteiger charge is 2.53. The van der Waals surface area contributed by atoms with Gasteiger partial charge >= 0.3 is 5.97 Å². The minimum absolute atomic E-state index is 0.0319. The van der Waals surface area contributed by atoms with E-state index in [0.29, 0.717) is 23.0 Å². The van der Waals surface area contributed by atoms with Crippen molar-refractivity contribution < 1.29 is 33.2 Å². The first-order valence-electron chi connectivity index (χ1n) is 13.4. The number of nitrogens with one attached hydrogen (secondary N) is 1. The van der Waals surface area contributed by atoms with Gasteiger partial charge < -0.3 is 33.4 Å². The van der Waals surface area contributed by atoms with Crippen LogP contribution in [0.2, 0.25) is 0 Å². The van der Waals surface area contributed by atoms with E-state index in [1.54, 1.807) is 21.3 Å². The number of rotatable bonds is 5. The molecule has 0 fully saturated rings. The number of fused-ring (bicyclic) bond motifs is 8. The lowest BCUT2D eigenvalue weighted by molar-refractivity contribution is -0.148. The van der Waals surface area contributed by atoms with Crippen molar-refractivity contribution >= 4 is 16.9 Å². The largest absolute Gasteiger partial charge is 0.493 e. The molecule has 0 saturated carbocycles. The number of ether oxygens (including phenoxy) is 6. The van der Waals surface area contributed by atoms with Crippen LogP contribution >= 0.6 is 0 Å². The Balaban J connectivity index is 1.50. The summed E-state index contributed by atoms with van der Waals surface area (Å²) in [4.78, 5) is 17.5. The highest BCUT2D eigenvalue weighted by Crippen LogP contribution is 2.60. The number of aryl methyl sites for hydroxylation is 1. The maximum atomic E-state index is 13.8. The van der Waals surface area contributed by atoms with Crippen molar-refractivity contribution in [3.05, 3.63) is 76.0 Å². The van der Waals surface area contributed by atoms with Crippen LogP contribution in [0.15, 0.2) is 42.5 Å². The average Bonchev–Trinajstić information content (AvgIpc) is 3.67. The first-order chi connectivity index (χ1) is 19.5. The second kappa shape index (κ2) is 9.11. The summed E-state index contributed by atoms with van der Waals surface area (Å²) in [5.41, 5.74) is 7.72. The van der Waals surface area contributed by atoms with Gasteiger partial charge in [-0.15, -0.1) is 0 Å². The topological polar surface area (TPSA) is 88.2 Å². The number of benzene rings is 3. The third-order valence-electron chi connectivity index (χ3n) is 8.86. The van der Waals surface area contributed by atoms with Gasteiger partial charge in [0.25, 0.3) is 0 Å². The Kier molecular flexibility index (Phi) is 5.63. The fourth-order valence-corrected chi connectivity index (χ4v) is 7.22. The normalized spacial score (nSPS) is 21.9. The Labute approximate surface area is 232 Å². The van der Waals surface area contributed by atoms with Gasteiger partial charge in [0, 0.05) is 28.4 Å². The lowest BCUT2D eigenvalue weighted by Gasteiger charge is -2.41. The standard InChI is InChI=1S/C32H31NO7/c1-15-6-7-22-17(8-15)20-11-21-28(30(20)33-22)19-13-24-23(39-14-40-24)12-18(19)27(29(21)32(34)38-5)16-9-25(35-2)31(37-4)26(10-16)36-3/h6-10,12-13,21,27-29,33H,11,14H2,1-5H3/t21-,27+,28-,29+/m0/s1. The predicted molar refractivity (Wildman–Crippen MR) is 148 cm³/mol. The molecule has 1 aliphatic heterocycles. The van der Waals surface area contributed by atoms with Crippen molar-refractivity contribution in [2.45, 2.75) is 25.2 Å². The van der Waals surface area contributed by atoms with E-state index in [1.807, 2.05) is 18.2 Å². The quantitative estimate of drug-likeness (QED) is 0.335. The summed E-state index contributed by atoms with van der Waals surface area (Å²) in [6.45, 7) is 2.27. The molecule has 3 aromatic carbocycles. The van der Waals surface area contributed by atoms with Gasteiger partial charge in [-0.05, 0) is 77.9 Å². The van der Waals surface area contributed by atoms with Crippen LogP contribution < -0.4 is 23.7 Å². The van der Waals surface area contributed by atoms with Crippen molar-refractivity contribution in [1.82, 2.24) is 4.98 Å². The molecule has 8 nitrogen and oxygen atoms in total. The molecule has 0 spiro atoms. The zero-order chi connectivity index (χ0) is 27.7. The molecule has 4 atom stereocenters. The smallest absolute Gasteiger partial charge is 0.309 e. The highest BCUT2D eigenvalue weighted by atomic mass is 16.7. The van der Waals surface area contributed by atoms with Crippen LogP contribution in [0.5, 0.6) is 28.7 Å². The second-order valence-corrected chi connectivity index (χ2v) is 10.7. The van der Waals surface area contributed by atoms with Gasteiger partial charge in [-0.3, -0.25) is 4.79 Å². The van der Waals surface area contributed by atoms with E-state index in [2.05, 4.69) is 36.2 Å². The molecule has 4 aromatic rings. The summed E-state index contributed by atoms with van der Waals surface area (Å²) in [6.07, 6.45) is 0.748. The number of esters is 1. The third kappa shape index (κ3) is 3.41. The number of carbonyl (C=O) groups is 1. The van der Waals surface area contributed by atoms with E-state index >= 15 is 0 Å². The molecule has 8 heteroatoms. The Morgan fingerprint density at radius 3 is 2.17 bits per heavy atom. The van der Waals surface area contributed by atoms with Gasteiger partial charge in [-0.2, -0.15) is 0 Å². The molecular formula is C32H31NO7. The van der Waals surface area contributed by atoms with Crippen molar-refractivity contribution in [2.24, 2.45) is 11.8 Å². The van der Waals surface area contributed by atoms with E-state index in [0.717, 1.165) is 40.1 Å². The summed E-state index contributed by atoms with van der Waals surface area (Å²) in [6, 6.07) is 14.5. The lowest BCUT2D eigenvalue weighted by atomic mass is 9.62. The van der Waals surface area contributed by atoms with Gasteiger partial charge in [-0.1, -0.05) is 11.6 Å². The van der Waals surface area contributed by atoms with Crippen molar-refractivity contribution in [3.63, 3.8) is 0 Å². The minimum Gasteiger partial charge on any atom is -0.493 e. The summed E-state index contributed by atoms with van der Waals surface area (Å²) in [5.74, 6) is 1.83. The third-order valence-corrected chi connectivity index (χ3v) is 8.86. The Bertz CT molecular complexity index is 1650. The molecule has 0 saturated heterocycles. The molecule has 1 N–H and O–H groups in total. The van der Waals surface area contributed by atoms with E-state index < -0.39 is 5.92 Å². The Morgan fingerprint density at radius 2 is 1.55 bits per heavy atom. The number of H-pyrrole nitrogens is 1. The number of hydrogen-bond donors (Lipinski definition) is 1. The van der Waals surface area contributed by atoms with Gasteiger partial charge in [0.05, 0.1) is 34.4 Å². The maximum absolute atomic E-state index is 13.8. The number of aromatic nitrogens is 1. The summed E-state index contributed by atoms with van der Waals surface area (Å²) in [7, 11) is 6.24. The van der Waals surface area contributed by atoms with Crippen LogP contribution in [0.1, 0.15) is 45.3 Å². The number of carbonyl (C=O) groups excluding carboxylic acids is 1. The molecule has 0 radical (unpaired) electrons. The minimum atomic E-state index is -0.466. The number of aromatic amines is 1. The summed E-state index contributed by atoms with van der Waals surface area (Å²) >= 11 is 0. The summed E-state index contributed by atoms with van der Waals surface area (Å²) < 4.78 is 34.2. The zero-order valence-corrected chi connectivity index (χ0v) is 23.1. The molecule has 2 aliphatic carbocycles.